The largest absolute Gasteiger partial charge is 0.380 e. The first-order valence-electron chi connectivity index (χ1n) is 7.83. The van der Waals surface area contributed by atoms with Gasteiger partial charge in [0.1, 0.15) is 0 Å². The van der Waals surface area contributed by atoms with E-state index in [-0.39, 0.29) is 16.8 Å². The lowest BCUT2D eigenvalue weighted by atomic mass is 10.1. The standard InChI is InChI=1S/C18H22N2O4S/c1-13(2)20-25(22,23)17-10-8-16(9-11-17)19-18(21)15-6-4-14(5-7-15)12-24-3/h4-11,13,20H,12H2,1-3H3,(H,19,21). The van der Waals surface area contributed by atoms with Gasteiger partial charge in [0.05, 0.1) is 11.5 Å². The second kappa shape index (κ2) is 8.24. The Kier molecular flexibility index (Phi) is 6.30. The van der Waals surface area contributed by atoms with E-state index in [2.05, 4.69) is 10.0 Å². The lowest BCUT2D eigenvalue weighted by Crippen LogP contribution is -2.30. The number of ether oxygens (including phenoxy) is 1. The zero-order valence-corrected chi connectivity index (χ0v) is 15.3. The molecule has 7 heteroatoms. The maximum Gasteiger partial charge on any atom is 0.255 e. The summed E-state index contributed by atoms with van der Waals surface area (Å²) in [5.74, 6) is -0.264. The maximum absolute atomic E-state index is 12.2. The smallest absolute Gasteiger partial charge is 0.255 e. The Morgan fingerprint density at radius 2 is 1.64 bits per heavy atom. The van der Waals surface area contributed by atoms with Gasteiger partial charge in [-0.2, -0.15) is 0 Å². The zero-order chi connectivity index (χ0) is 18.4. The topological polar surface area (TPSA) is 84.5 Å². The highest BCUT2D eigenvalue weighted by molar-refractivity contribution is 7.89. The van der Waals surface area contributed by atoms with Crippen LogP contribution in [0.15, 0.2) is 53.4 Å². The van der Waals surface area contributed by atoms with Crippen LogP contribution in [0.3, 0.4) is 0 Å². The average Bonchev–Trinajstić information content (AvgIpc) is 2.55. The fraction of sp³-hybridized carbons (Fsp3) is 0.278. The number of benzene rings is 2. The molecule has 25 heavy (non-hydrogen) atoms. The number of carbonyl (C=O) groups excluding carboxylic acids is 1. The third-order valence-corrected chi connectivity index (χ3v) is 5.01. The Morgan fingerprint density at radius 1 is 1.04 bits per heavy atom. The van der Waals surface area contributed by atoms with Crippen LogP contribution in [0.1, 0.15) is 29.8 Å². The highest BCUT2D eigenvalue weighted by Crippen LogP contribution is 2.16. The normalized spacial score (nSPS) is 11.5. The maximum atomic E-state index is 12.2. The van der Waals surface area contributed by atoms with Crippen molar-refractivity contribution in [2.75, 3.05) is 12.4 Å². The molecular weight excluding hydrogens is 340 g/mol. The number of anilines is 1. The summed E-state index contributed by atoms with van der Waals surface area (Å²) in [5.41, 5.74) is 2.01. The van der Waals surface area contributed by atoms with Crippen LogP contribution in [-0.4, -0.2) is 27.5 Å². The number of hydrogen-bond acceptors (Lipinski definition) is 4. The monoisotopic (exact) mass is 362 g/mol. The number of carbonyl (C=O) groups is 1. The molecule has 0 fully saturated rings. The van der Waals surface area contributed by atoms with Gasteiger partial charge >= 0.3 is 0 Å². The summed E-state index contributed by atoms with van der Waals surface area (Å²) >= 11 is 0. The first-order chi connectivity index (χ1) is 11.8. The van der Waals surface area contributed by atoms with Crippen molar-refractivity contribution in [1.29, 1.82) is 0 Å². The molecule has 0 heterocycles. The van der Waals surface area contributed by atoms with Crippen LogP contribution >= 0.6 is 0 Å². The van der Waals surface area contributed by atoms with E-state index in [1.165, 1.54) is 12.1 Å². The summed E-state index contributed by atoms with van der Waals surface area (Å²) in [6.07, 6.45) is 0. The molecule has 0 spiro atoms. The van der Waals surface area contributed by atoms with Crippen LogP contribution < -0.4 is 10.0 Å². The van der Waals surface area contributed by atoms with Gasteiger partial charge in [0.25, 0.3) is 5.91 Å². The van der Waals surface area contributed by atoms with Crippen molar-refractivity contribution in [2.24, 2.45) is 0 Å². The van der Waals surface area contributed by atoms with Gasteiger partial charge in [0.2, 0.25) is 10.0 Å². The van der Waals surface area contributed by atoms with Crippen LogP contribution in [0.25, 0.3) is 0 Å². The number of nitrogens with one attached hydrogen (secondary N) is 2. The van der Waals surface area contributed by atoms with Gasteiger partial charge in [0.15, 0.2) is 0 Å². The van der Waals surface area contributed by atoms with E-state index in [0.29, 0.717) is 17.9 Å². The predicted octanol–water partition coefficient (Wildman–Crippen LogP) is 2.77. The van der Waals surface area contributed by atoms with Crippen molar-refractivity contribution in [3.8, 4) is 0 Å². The molecule has 2 rings (SSSR count). The van der Waals surface area contributed by atoms with Crippen molar-refractivity contribution >= 4 is 21.6 Å². The average molecular weight is 362 g/mol. The minimum Gasteiger partial charge on any atom is -0.380 e. The van der Waals surface area contributed by atoms with Crippen LogP contribution in [0.4, 0.5) is 5.69 Å². The molecule has 2 aromatic carbocycles. The van der Waals surface area contributed by atoms with E-state index in [1.54, 1.807) is 45.2 Å². The number of methoxy groups -OCH3 is 1. The minimum atomic E-state index is -3.54. The van der Waals surface area contributed by atoms with E-state index >= 15 is 0 Å². The molecule has 0 aliphatic carbocycles. The number of amides is 1. The highest BCUT2D eigenvalue weighted by atomic mass is 32.2. The Balaban J connectivity index is 2.06. The van der Waals surface area contributed by atoms with E-state index in [0.717, 1.165) is 5.56 Å². The lowest BCUT2D eigenvalue weighted by Gasteiger charge is -2.10. The van der Waals surface area contributed by atoms with Crippen LogP contribution in [0, 0.1) is 0 Å². The molecule has 1 amide bonds. The Labute approximate surface area is 148 Å². The predicted molar refractivity (Wildman–Crippen MR) is 97.0 cm³/mol. The summed E-state index contributed by atoms with van der Waals surface area (Å²) in [6, 6.07) is 12.9. The van der Waals surface area contributed by atoms with Gasteiger partial charge in [-0.3, -0.25) is 4.79 Å². The first kappa shape index (κ1) is 19.1. The first-order valence-corrected chi connectivity index (χ1v) is 9.32. The number of hydrogen-bond donors (Lipinski definition) is 2. The molecule has 134 valence electrons. The molecule has 0 unspecified atom stereocenters. The third kappa shape index (κ3) is 5.38. The summed E-state index contributed by atoms with van der Waals surface area (Å²) in [5, 5.41) is 2.74. The summed E-state index contributed by atoms with van der Waals surface area (Å²) < 4.78 is 31.7. The Bertz CT molecular complexity index is 813. The minimum absolute atomic E-state index is 0.156. The molecule has 2 aromatic rings. The van der Waals surface area contributed by atoms with E-state index in [1.807, 2.05) is 12.1 Å². The molecule has 0 aromatic heterocycles. The van der Waals surface area contributed by atoms with Crippen molar-refractivity contribution in [3.05, 3.63) is 59.7 Å². The summed E-state index contributed by atoms with van der Waals surface area (Å²) in [4.78, 5) is 12.4. The molecule has 0 aliphatic heterocycles. The molecule has 6 nitrogen and oxygen atoms in total. The molecule has 0 saturated heterocycles. The Morgan fingerprint density at radius 3 is 2.16 bits per heavy atom. The van der Waals surface area contributed by atoms with Crippen LogP contribution in [0.2, 0.25) is 0 Å². The van der Waals surface area contributed by atoms with Gasteiger partial charge in [-0.15, -0.1) is 0 Å². The highest BCUT2D eigenvalue weighted by Gasteiger charge is 2.15. The fourth-order valence-electron chi connectivity index (χ4n) is 2.22. The quantitative estimate of drug-likeness (QED) is 0.793. The van der Waals surface area contributed by atoms with Crippen LogP contribution in [0.5, 0.6) is 0 Å². The van der Waals surface area contributed by atoms with E-state index < -0.39 is 10.0 Å². The molecule has 0 saturated carbocycles. The lowest BCUT2D eigenvalue weighted by molar-refractivity contribution is 0.102. The van der Waals surface area contributed by atoms with E-state index in [9.17, 15) is 13.2 Å². The van der Waals surface area contributed by atoms with Gasteiger partial charge in [-0.25, -0.2) is 13.1 Å². The number of rotatable bonds is 7. The SMILES string of the molecule is COCc1ccc(C(=O)Nc2ccc(S(=O)(=O)NC(C)C)cc2)cc1. The van der Waals surface area contributed by atoms with Gasteiger partial charge in [-0.1, -0.05) is 12.1 Å². The molecule has 0 atom stereocenters. The zero-order valence-electron chi connectivity index (χ0n) is 14.4. The van der Waals surface area contributed by atoms with Gasteiger partial charge < -0.3 is 10.1 Å². The molecule has 0 bridgehead atoms. The molecule has 0 radical (unpaired) electrons. The summed E-state index contributed by atoms with van der Waals surface area (Å²) in [6.45, 7) is 4.00. The second-order valence-corrected chi connectivity index (χ2v) is 7.60. The van der Waals surface area contributed by atoms with Crippen LogP contribution in [-0.2, 0) is 21.4 Å². The van der Waals surface area contributed by atoms with Crippen molar-refractivity contribution in [1.82, 2.24) is 4.72 Å². The molecular formula is C18H22N2O4S. The van der Waals surface area contributed by atoms with E-state index in [4.69, 9.17) is 4.74 Å². The third-order valence-electron chi connectivity index (χ3n) is 3.34. The number of sulfonamides is 1. The fourth-order valence-corrected chi connectivity index (χ4v) is 3.47. The van der Waals surface area contributed by atoms with Crippen molar-refractivity contribution < 1.29 is 17.9 Å². The van der Waals surface area contributed by atoms with Gasteiger partial charge in [0, 0.05) is 24.4 Å². The van der Waals surface area contributed by atoms with Crippen molar-refractivity contribution in [3.63, 3.8) is 0 Å². The van der Waals surface area contributed by atoms with Gasteiger partial charge in [-0.05, 0) is 55.8 Å². The summed E-state index contributed by atoms with van der Waals surface area (Å²) in [7, 11) is -1.93. The second-order valence-electron chi connectivity index (χ2n) is 5.88. The molecule has 2 N–H and O–H groups in total. The Hall–Kier alpha value is -2.22. The molecule has 0 aliphatic rings. The van der Waals surface area contributed by atoms with Crippen molar-refractivity contribution in [2.45, 2.75) is 31.4 Å².